The lowest BCUT2D eigenvalue weighted by Crippen LogP contribution is -2.28. The molecule has 1 aliphatic rings. The van der Waals surface area contributed by atoms with Gasteiger partial charge in [0.15, 0.2) is 0 Å². The molecule has 0 unspecified atom stereocenters. The molecule has 1 saturated carbocycles. The van der Waals surface area contributed by atoms with E-state index in [0.717, 1.165) is 18.0 Å². The molecule has 0 radical (unpaired) electrons. The highest BCUT2D eigenvalue weighted by atomic mass is 32.1. The predicted octanol–water partition coefficient (Wildman–Crippen LogP) is 8.55. The van der Waals surface area contributed by atoms with Crippen LogP contribution in [0.5, 0.6) is 0 Å². The van der Waals surface area contributed by atoms with Crippen molar-refractivity contribution in [2.45, 2.75) is 57.7 Å². The summed E-state index contributed by atoms with van der Waals surface area (Å²) in [5.41, 5.74) is 6.41. The van der Waals surface area contributed by atoms with Gasteiger partial charge in [-0.3, -0.25) is 9.69 Å². The van der Waals surface area contributed by atoms with Gasteiger partial charge in [0.1, 0.15) is 0 Å². The Labute approximate surface area is 240 Å². The van der Waals surface area contributed by atoms with Gasteiger partial charge >= 0.3 is 5.97 Å². The summed E-state index contributed by atoms with van der Waals surface area (Å²) in [4.78, 5) is 16.0. The lowest BCUT2D eigenvalue weighted by molar-refractivity contribution is -0.138. The van der Waals surface area contributed by atoms with Crippen molar-refractivity contribution in [3.8, 4) is 10.4 Å². The number of rotatable bonds is 10. The summed E-state index contributed by atoms with van der Waals surface area (Å²) in [5, 5.41) is 10.8. The van der Waals surface area contributed by atoms with Crippen molar-refractivity contribution in [1.82, 2.24) is 9.47 Å². The molecule has 6 rings (SSSR count). The van der Waals surface area contributed by atoms with Crippen molar-refractivity contribution in [1.29, 1.82) is 0 Å². The molecule has 4 nitrogen and oxygen atoms in total. The molecule has 40 heavy (non-hydrogen) atoms. The number of hydrogen-bond donors (Lipinski definition) is 1. The molecule has 0 saturated heterocycles. The smallest absolute Gasteiger partial charge is 0.317 e. The van der Waals surface area contributed by atoms with E-state index in [-0.39, 0.29) is 6.54 Å². The average Bonchev–Trinajstić information content (AvgIpc) is 3.59. The number of fused-ring (bicyclic) bond motifs is 1. The monoisotopic (exact) mass is 548 g/mol. The van der Waals surface area contributed by atoms with Crippen LogP contribution in [0, 0.1) is 0 Å². The van der Waals surface area contributed by atoms with Gasteiger partial charge in [0.25, 0.3) is 0 Å². The quantitative estimate of drug-likeness (QED) is 0.190. The number of carbonyl (C=O) groups is 1. The SMILES string of the molecule is O=C(O)CN(Cc1ccccc1)Cc1ccc(-c2cn(Cc3ccc(C4CCCCC4)cc3)c3ccccc23)s1. The number of nitrogens with zero attached hydrogens (tertiary/aromatic N) is 2. The lowest BCUT2D eigenvalue weighted by atomic mass is 9.84. The predicted molar refractivity (Wildman–Crippen MR) is 165 cm³/mol. The maximum absolute atomic E-state index is 11.6. The minimum absolute atomic E-state index is 0.0149. The second-order valence-corrected chi connectivity index (χ2v) is 12.2. The van der Waals surface area contributed by atoms with Crippen LogP contribution in [0.3, 0.4) is 0 Å². The number of carboxylic acids is 1. The summed E-state index contributed by atoms with van der Waals surface area (Å²) in [6, 6.07) is 32.4. The van der Waals surface area contributed by atoms with Crippen molar-refractivity contribution in [2.24, 2.45) is 0 Å². The zero-order chi connectivity index (χ0) is 27.3. The van der Waals surface area contributed by atoms with Crippen LogP contribution in [0.2, 0.25) is 0 Å². The summed E-state index contributed by atoms with van der Waals surface area (Å²) in [6.07, 6.45) is 9.05. The third-order valence-electron chi connectivity index (χ3n) is 8.11. The lowest BCUT2D eigenvalue weighted by Gasteiger charge is -2.22. The first kappa shape index (κ1) is 26.5. The van der Waals surface area contributed by atoms with Gasteiger partial charge in [-0.05, 0) is 53.6 Å². The fraction of sp³-hybridized carbons (Fsp3) is 0.286. The molecule has 5 heteroatoms. The van der Waals surface area contributed by atoms with Crippen LogP contribution >= 0.6 is 11.3 Å². The van der Waals surface area contributed by atoms with Crippen LogP contribution in [-0.4, -0.2) is 27.1 Å². The fourth-order valence-electron chi connectivity index (χ4n) is 6.13. The van der Waals surface area contributed by atoms with Gasteiger partial charge < -0.3 is 9.67 Å². The minimum Gasteiger partial charge on any atom is -0.480 e. The van der Waals surface area contributed by atoms with Crippen LogP contribution in [0.4, 0.5) is 0 Å². The van der Waals surface area contributed by atoms with Crippen LogP contribution < -0.4 is 0 Å². The standard InChI is InChI=1S/C35H36N2O2S/c38-35(39)25-36(21-26-9-3-1-4-10-26)23-30-19-20-34(40-30)32-24-37(33-14-8-7-13-31(32)33)22-27-15-17-29(18-16-27)28-11-5-2-6-12-28/h1,3-4,7-10,13-20,24,28H,2,5-6,11-12,21-23,25H2,(H,38,39). The van der Waals surface area contributed by atoms with E-state index in [1.54, 1.807) is 11.3 Å². The van der Waals surface area contributed by atoms with E-state index in [4.69, 9.17) is 0 Å². The molecule has 0 amide bonds. The highest BCUT2D eigenvalue weighted by Gasteiger charge is 2.17. The first-order valence-electron chi connectivity index (χ1n) is 14.4. The van der Waals surface area contributed by atoms with Gasteiger partial charge in [-0.2, -0.15) is 0 Å². The highest BCUT2D eigenvalue weighted by molar-refractivity contribution is 7.15. The van der Waals surface area contributed by atoms with Crippen molar-refractivity contribution >= 4 is 28.2 Å². The van der Waals surface area contributed by atoms with Crippen molar-refractivity contribution in [2.75, 3.05) is 6.54 Å². The maximum atomic E-state index is 11.6. The molecule has 3 aromatic carbocycles. The summed E-state index contributed by atoms with van der Waals surface area (Å²) >= 11 is 1.76. The van der Waals surface area contributed by atoms with E-state index in [9.17, 15) is 9.90 Å². The molecule has 0 atom stereocenters. The Bertz CT molecular complexity index is 1560. The zero-order valence-corrected chi connectivity index (χ0v) is 23.7. The number of para-hydroxylation sites is 1. The van der Waals surface area contributed by atoms with Crippen LogP contribution in [-0.2, 0) is 24.4 Å². The minimum atomic E-state index is -0.803. The maximum Gasteiger partial charge on any atom is 0.317 e. The summed E-state index contributed by atoms with van der Waals surface area (Å²) < 4.78 is 2.37. The van der Waals surface area contributed by atoms with Gasteiger partial charge in [-0.25, -0.2) is 0 Å². The Balaban J connectivity index is 1.22. The Morgan fingerprint density at radius 1 is 0.825 bits per heavy atom. The molecule has 0 bridgehead atoms. The number of aliphatic carboxylic acids is 1. The number of aromatic nitrogens is 1. The van der Waals surface area contributed by atoms with Gasteiger partial charge in [0, 0.05) is 52.1 Å². The molecule has 1 aliphatic carbocycles. The van der Waals surface area contributed by atoms with Crippen LogP contribution in [0.15, 0.2) is 97.2 Å². The average molecular weight is 549 g/mol. The molecular formula is C35H36N2O2S. The van der Waals surface area contributed by atoms with Crippen molar-refractivity contribution in [3.63, 3.8) is 0 Å². The summed E-state index contributed by atoms with van der Waals surface area (Å²) in [7, 11) is 0. The van der Waals surface area contributed by atoms with Crippen LogP contribution in [0.25, 0.3) is 21.3 Å². The molecule has 5 aromatic rings. The van der Waals surface area contributed by atoms with E-state index in [1.807, 2.05) is 35.2 Å². The van der Waals surface area contributed by atoms with Gasteiger partial charge in [0.2, 0.25) is 0 Å². The summed E-state index contributed by atoms with van der Waals surface area (Å²) in [6.45, 7) is 2.07. The molecule has 2 heterocycles. The first-order valence-corrected chi connectivity index (χ1v) is 15.2. The molecule has 0 spiro atoms. The number of carboxylic acid groups (broad SMARTS) is 1. The van der Waals surface area contributed by atoms with Crippen molar-refractivity contribution in [3.05, 3.63) is 119 Å². The second kappa shape index (κ2) is 12.2. The number of thiophene rings is 1. The summed E-state index contributed by atoms with van der Waals surface area (Å²) in [5.74, 6) is -0.0727. The van der Waals surface area contributed by atoms with Gasteiger partial charge in [-0.15, -0.1) is 11.3 Å². The molecule has 0 aliphatic heterocycles. The Morgan fingerprint density at radius 2 is 1.57 bits per heavy atom. The Kier molecular flexibility index (Phi) is 8.12. The molecular weight excluding hydrogens is 512 g/mol. The van der Waals surface area contributed by atoms with Crippen LogP contribution in [0.1, 0.15) is 59.6 Å². The zero-order valence-electron chi connectivity index (χ0n) is 22.8. The normalized spacial score (nSPS) is 14.2. The first-order chi connectivity index (χ1) is 19.6. The van der Waals surface area contributed by atoms with E-state index < -0.39 is 5.97 Å². The fourth-order valence-corrected chi connectivity index (χ4v) is 7.20. The Morgan fingerprint density at radius 3 is 2.35 bits per heavy atom. The molecule has 204 valence electrons. The largest absolute Gasteiger partial charge is 0.480 e. The highest BCUT2D eigenvalue weighted by Crippen LogP contribution is 2.36. The number of hydrogen-bond acceptors (Lipinski definition) is 3. The third-order valence-corrected chi connectivity index (χ3v) is 9.22. The van der Waals surface area contributed by atoms with E-state index >= 15 is 0 Å². The van der Waals surface area contributed by atoms with E-state index in [0.29, 0.717) is 13.1 Å². The molecule has 1 N–H and O–H groups in total. The van der Waals surface area contributed by atoms with E-state index in [1.165, 1.54) is 69.5 Å². The van der Waals surface area contributed by atoms with Gasteiger partial charge in [-0.1, -0.05) is 92.1 Å². The third kappa shape index (κ3) is 6.22. The topological polar surface area (TPSA) is 45.5 Å². The number of benzene rings is 3. The van der Waals surface area contributed by atoms with Gasteiger partial charge in [0.05, 0.1) is 6.54 Å². The Hall–Kier alpha value is -3.67. The van der Waals surface area contributed by atoms with Crippen molar-refractivity contribution < 1.29 is 9.90 Å². The van der Waals surface area contributed by atoms with E-state index in [2.05, 4.69) is 71.4 Å². The second-order valence-electron chi connectivity index (χ2n) is 11.1. The molecule has 1 fully saturated rings. The molecule has 2 aromatic heterocycles.